The van der Waals surface area contributed by atoms with Crippen LogP contribution in [0.2, 0.25) is 10.0 Å². The number of nitrogens with zero attached hydrogens (tertiary/aromatic N) is 2. The van der Waals surface area contributed by atoms with Gasteiger partial charge in [-0.15, -0.1) is 0 Å². The number of amides is 1. The molecule has 2 aliphatic heterocycles. The number of carbonyl (C=O) groups excluding carboxylic acids is 2. The average Bonchev–Trinajstić information content (AvgIpc) is 2.61. The quantitative estimate of drug-likeness (QED) is 0.700. The van der Waals surface area contributed by atoms with Crippen molar-refractivity contribution in [3.8, 4) is 0 Å². The van der Waals surface area contributed by atoms with E-state index < -0.39 is 11.8 Å². The third kappa shape index (κ3) is 3.31. The Kier molecular flexibility index (Phi) is 4.92. The Hall–Kier alpha value is -1.63. The minimum atomic E-state index is -0.669. The van der Waals surface area contributed by atoms with Crippen LogP contribution >= 0.6 is 35.0 Å². The number of ketones is 1. The molecular formula is C20H19Cl2N3O2S. The van der Waals surface area contributed by atoms with Gasteiger partial charge in [0.2, 0.25) is 5.91 Å². The summed E-state index contributed by atoms with van der Waals surface area (Å²) in [6.07, 6.45) is 2.92. The Bertz CT molecular complexity index is 997. The first-order valence-electron chi connectivity index (χ1n) is 8.93. The summed E-state index contributed by atoms with van der Waals surface area (Å²) < 4.78 is 0. The molecule has 0 spiro atoms. The molecule has 0 radical (unpaired) electrons. The van der Waals surface area contributed by atoms with Crippen LogP contribution in [-0.2, 0) is 9.59 Å². The van der Waals surface area contributed by atoms with Crippen LogP contribution in [0.1, 0.15) is 38.2 Å². The van der Waals surface area contributed by atoms with Gasteiger partial charge in [0.05, 0.1) is 15.7 Å². The van der Waals surface area contributed by atoms with Gasteiger partial charge in [-0.1, -0.05) is 54.9 Å². The minimum absolute atomic E-state index is 0.0255. The highest BCUT2D eigenvalue weighted by molar-refractivity contribution is 8.13. The van der Waals surface area contributed by atoms with E-state index in [1.165, 1.54) is 11.8 Å². The number of carbonyl (C=O) groups is 2. The molecule has 1 aliphatic carbocycles. The van der Waals surface area contributed by atoms with Gasteiger partial charge in [-0.3, -0.25) is 9.59 Å². The van der Waals surface area contributed by atoms with Crippen LogP contribution in [-0.4, -0.2) is 28.9 Å². The molecule has 0 aromatic heterocycles. The van der Waals surface area contributed by atoms with E-state index in [4.69, 9.17) is 28.2 Å². The fraction of sp³-hybridized carbons (Fsp3) is 0.400. The summed E-state index contributed by atoms with van der Waals surface area (Å²) in [6, 6.07) is 5.25. The van der Waals surface area contributed by atoms with Crippen molar-refractivity contribution in [1.82, 2.24) is 5.32 Å². The van der Waals surface area contributed by atoms with Crippen LogP contribution in [0.3, 0.4) is 0 Å². The maximum Gasteiger partial charge on any atom is 0.237 e. The number of Topliss-reactive ketones (excluding diaryl/α,β-unsaturated/α-hetero) is 1. The van der Waals surface area contributed by atoms with Gasteiger partial charge >= 0.3 is 0 Å². The molecule has 0 saturated carbocycles. The monoisotopic (exact) mass is 435 g/mol. The van der Waals surface area contributed by atoms with Gasteiger partial charge in [0.1, 0.15) is 11.8 Å². The molecule has 1 aromatic rings. The number of allylic oxidation sites excluding steroid dienone is 2. The van der Waals surface area contributed by atoms with Crippen molar-refractivity contribution in [2.45, 2.75) is 32.6 Å². The van der Waals surface area contributed by atoms with Gasteiger partial charge in [0, 0.05) is 17.9 Å². The van der Waals surface area contributed by atoms with E-state index >= 15 is 0 Å². The molecular weight excluding hydrogens is 417 g/mol. The lowest BCUT2D eigenvalue weighted by Gasteiger charge is -2.40. The van der Waals surface area contributed by atoms with E-state index in [1.54, 1.807) is 12.1 Å². The SMILES string of the molecule is CSC1=NC2=NC3=C(C(=O)CC(C)(C)C3)C(c3ccc(Cl)c(Cl)c3)C2C(=O)N1. The summed E-state index contributed by atoms with van der Waals surface area (Å²) in [5.41, 5.74) is 1.91. The molecule has 2 unspecified atom stereocenters. The largest absolute Gasteiger partial charge is 0.304 e. The number of halogens is 2. The van der Waals surface area contributed by atoms with E-state index in [0.29, 0.717) is 39.5 Å². The maximum atomic E-state index is 13.1. The molecule has 0 saturated heterocycles. The van der Waals surface area contributed by atoms with Gasteiger partial charge in [0.25, 0.3) is 0 Å². The number of nitrogens with one attached hydrogen (secondary N) is 1. The zero-order valence-corrected chi connectivity index (χ0v) is 18.0. The van der Waals surface area contributed by atoms with Gasteiger partial charge in [0.15, 0.2) is 11.0 Å². The molecule has 2 heterocycles. The van der Waals surface area contributed by atoms with Crippen LogP contribution in [0.5, 0.6) is 0 Å². The van der Waals surface area contributed by atoms with E-state index in [2.05, 4.69) is 24.2 Å². The van der Waals surface area contributed by atoms with Crippen molar-refractivity contribution in [1.29, 1.82) is 0 Å². The molecule has 1 amide bonds. The number of amidine groups is 2. The lowest BCUT2D eigenvalue weighted by atomic mass is 9.67. The van der Waals surface area contributed by atoms with Crippen molar-refractivity contribution in [3.05, 3.63) is 45.1 Å². The summed E-state index contributed by atoms with van der Waals surface area (Å²) in [4.78, 5) is 35.3. The van der Waals surface area contributed by atoms with Gasteiger partial charge in [-0.25, -0.2) is 9.98 Å². The number of fused-ring (bicyclic) bond motifs is 1. The van der Waals surface area contributed by atoms with Crippen LogP contribution in [0.25, 0.3) is 0 Å². The van der Waals surface area contributed by atoms with Crippen LogP contribution in [0.4, 0.5) is 0 Å². The van der Waals surface area contributed by atoms with Crippen molar-refractivity contribution >= 4 is 57.7 Å². The lowest BCUT2D eigenvalue weighted by molar-refractivity contribution is -0.122. The Labute approximate surface area is 177 Å². The average molecular weight is 436 g/mol. The lowest BCUT2D eigenvalue weighted by Crippen LogP contribution is -2.48. The van der Waals surface area contributed by atoms with Crippen molar-refractivity contribution in [2.75, 3.05) is 6.26 Å². The summed E-state index contributed by atoms with van der Waals surface area (Å²) in [7, 11) is 0. The molecule has 0 bridgehead atoms. The topological polar surface area (TPSA) is 70.9 Å². The highest BCUT2D eigenvalue weighted by Gasteiger charge is 2.48. The Morgan fingerprint density at radius 2 is 1.86 bits per heavy atom. The highest BCUT2D eigenvalue weighted by atomic mass is 35.5. The minimum Gasteiger partial charge on any atom is -0.304 e. The predicted octanol–water partition coefficient (Wildman–Crippen LogP) is 4.60. The zero-order chi connectivity index (χ0) is 20.2. The second-order valence-electron chi connectivity index (χ2n) is 8.01. The number of hydrogen-bond donors (Lipinski definition) is 1. The molecule has 4 rings (SSSR count). The second kappa shape index (κ2) is 7.01. The molecule has 8 heteroatoms. The zero-order valence-electron chi connectivity index (χ0n) is 15.7. The van der Waals surface area contributed by atoms with Gasteiger partial charge in [-0.05, 0) is 35.8 Å². The Balaban J connectivity index is 1.94. The number of rotatable bonds is 1. The first kappa shape index (κ1) is 19.7. The molecule has 3 aliphatic rings. The molecule has 1 aromatic carbocycles. The smallest absolute Gasteiger partial charge is 0.237 e. The van der Waals surface area contributed by atoms with Gasteiger partial charge in [-0.2, -0.15) is 0 Å². The number of thioether (sulfide) groups is 1. The molecule has 0 fully saturated rings. The third-order valence-electron chi connectivity index (χ3n) is 5.29. The fourth-order valence-corrected chi connectivity index (χ4v) is 4.81. The van der Waals surface area contributed by atoms with Gasteiger partial charge < -0.3 is 5.32 Å². The first-order chi connectivity index (χ1) is 13.2. The molecule has 28 heavy (non-hydrogen) atoms. The van der Waals surface area contributed by atoms with Crippen molar-refractivity contribution in [3.63, 3.8) is 0 Å². The van der Waals surface area contributed by atoms with Crippen LogP contribution in [0.15, 0.2) is 39.5 Å². The van der Waals surface area contributed by atoms with Crippen LogP contribution < -0.4 is 5.32 Å². The van der Waals surface area contributed by atoms with Crippen molar-refractivity contribution in [2.24, 2.45) is 21.3 Å². The number of aliphatic imine (C=N–C) groups is 2. The highest BCUT2D eigenvalue weighted by Crippen LogP contribution is 2.48. The summed E-state index contributed by atoms with van der Waals surface area (Å²) >= 11 is 13.7. The predicted molar refractivity (Wildman–Crippen MR) is 114 cm³/mol. The molecule has 1 N–H and O–H groups in total. The first-order valence-corrected chi connectivity index (χ1v) is 10.9. The van der Waals surface area contributed by atoms with E-state index in [1.807, 2.05) is 12.3 Å². The standard InChI is InChI=1S/C20H19Cl2N3O2S/c1-20(2)7-12-15(13(26)8-20)14(9-4-5-10(21)11(22)6-9)16-17(23-12)24-19(28-3)25-18(16)27/h4-6,14,16H,7-8H2,1-3H3,(H,23,24,25,27). The van der Waals surface area contributed by atoms with Crippen LogP contribution in [0, 0.1) is 11.3 Å². The molecule has 2 atom stereocenters. The second-order valence-corrected chi connectivity index (χ2v) is 9.62. The maximum absolute atomic E-state index is 13.1. The Morgan fingerprint density at radius 3 is 2.54 bits per heavy atom. The van der Waals surface area contributed by atoms with Crippen molar-refractivity contribution < 1.29 is 9.59 Å². The van der Waals surface area contributed by atoms with E-state index in [0.717, 1.165) is 11.3 Å². The number of benzene rings is 1. The summed E-state index contributed by atoms with van der Waals surface area (Å²) in [5.74, 6) is -0.880. The fourth-order valence-electron chi connectivity index (χ4n) is 4.12. The molecule has 5 nitrogen and oxygen atoms in total. The Morgan fingerprint density at radius 1 is 1.11 bits per heavy atom. The summed E-state index contributed by atoms with van der Waals surface area (Å²) in [6.45, 7) is 4.11. The van der Waals surface area contributed by atoms with E-state index in [9.17, 15) is 9.59 Å². The van der Waals surface area contributed by atoms with E-state index in [-0.39, 0.29) is 17.1 Å². The number of hydrogen-bond acceptors (Lipinski definition) is 5. The summed E-state index contributed by atoms with van der Waals surface area (Å²) in [5, 5.41) is 4.14. The normalized spacial score (nSPS) is 26.2. The molecule has 146 valence electrons. The third-order valence-corrected chi connectivity index (χ3v) is 6.61.